The lowest BCUT2D eigenvalue weighted by atomic mass is 9.36. The number of hydrogen-bond acceptors (Lipinski definition) is 0. The van der Waals surface area contributed by atoms with Gasteiger partial charge in [-0.3, -0.25) is 0 Å². The summed E-state index contributed by atoms with van der Waals surface area (Å²) in [7, 11) is 0. The minimum absolute atomic E-state index is 0.440. The highest BCUT2D eigenvalue weighted by Crippen LogP contribution is 2.44. The maximum absolute atomic E-state index is 6.11. The van der Waals surface area contributed by atoms with Crippen molar-refractivity contribution in [2.75, 3.05) is 0 Å². The summed E-state index contributed by atoms with van der Waals surface area (Å²) in [6.45, 7) is 0.726. The quantitative estimate of drug-likeness (QED) is 0.465. The van der Waals surface area contributed by atoms with E-state index in [2.05, 4.69) is 24.2 Å². The summed E-state index contributed by atoms with van der Waals surface area (Å²) in [5.41, 5.74) is 0. The molecule has 0 aromatic rings. The summed E-state index contributed by atoms with van der Waals surface area (Å²) in [5, 5.41) is 0. The molecule has 0 aromatic heterocycles. The predicted octanol–water partition coefficient (Wildman–Crippen LogP) is 4.26. The Morgan fingerprint density at radius 3 is 2.43 bits per heavy atom. The summed E-state index contributed by atoms with van der Waals surface area (Å²) in [4.78, 5) is 0. The maximum Gasteiger partial charge on any atom is 0.173 e. The lowest BCUT2D eigenvalue weighted by Crippen LogP contribution is -2.28. The van der Waals surface area contributed by atoms with Gasteiger partial charge in [0, 0.05) is 0 Å². The van der Waals surface area contributed by atoms with E-state index in [9.17, 15) is 0 Å². The molecule has 1 heterocycles. The van der Waals surface area contributed by atoms with Crippen molar-refractivity contribution in [3.8, 4) is 0 Å². The van der Waals surface area contributed by atoms with Crippen LogP contribution in [-0.4, -0.2) is 11.0 Å². The Hall–Kier alpha value is 0.125. The number of allylic oxidation sites excluding steroid dienone is 3. The van der Waals surface area contributed by atoms with Crippen LogP contribution in [0.1, 0.15) is 25.7 Å². The largest absolute Gasteiger partial charge is 0.173 e. The zero-order valence-electron chi connectivity index (χ0n) is 8.26. The van der Waals surface area contributed by atoms with Crippen molar-refractivity contribution >= 4 is 29.9 Å². The second-order valence-electron chi connectivity index (χ2n) is 4.41. The first-order chi connectivity index (χ1) is 6.67. The number of hydrogen-bond donors (Lipinski definition) is 0. The fourth-order valence-electron chi connectivity index (χ4n) is 2.44. The van der Waals surface area contributed by atoms with Gasteiger partial charge in [-0.2, -0.15) is 0 Å². The summed E-state index contributed by atoms with van der Waals surface area (Å²) in [6, 6.07) is 0. The Morgan fingerprint density at radius 2 is 1.86 bits per heavy atom. The molecular weight excluding hydrogens is 214 g/mol. The molecule has 2 rings (SSSR count). The van der Waals surface area contributed by atoms with Crippen LogP contribution in [0.15, 0.2) is 24.2 Å². The highest BCUT2D eigenvalue weighted by molar-refractivity contribution is 6.66. The Morgan fingerprint density at radius 1 is 1.14 bits per heavy atom. The molecule has 2 aliphatic rings. The highest BCUT2D eigenvalue weighted by Gasteiger charge is 2.34. The van der Waals surface area contributed by atoms with Gasteiger partial charge in [-0.05, 0) is 12.8 Å². The van der Waals surface area contributed by atoms with Crippen molar-refractivity contribution in [2.45, 2.75) is 42.2 Å². The monoisotopic (exact) mass is 228 g/mol. The summed E-state index contributed by atoms with van der Waals surface area (Å²) < 4.78 is -0.440. The Kier molecular flexibility index (Phi) is 3.28. The smallest absolute Gasteiger partial charge is 0.114 e. The van der Waals surface area contributed by atoms with E-state index in [-0.39, 0.29) is 0 Å². The van der Waals surface area contributed by atoms with Crippen molar-refractivity contribution < 1.29 is 0 Å². The Labute approximate surface area is 96.4 Å². The van der Waals surface area contributed by atoms with E-state index in [1.807, 2.05) is 0 Å². The molecule has 0 bridgehead atoms. The van der Waals surface area contributed by atoms with Crippen molar-refractivity contribution in [1.82, 2.24) is 0 Å². The van der Waals surface area contributed by atoms with E-state index < -0.39 is 4.33 Å². The third kappa shape index (κ3) is 2.58. The van der Waals surface area contributed by atoms with E-state index in [0.717, 1.165) is 25.4 Å². The van der Waals surface area contributed by atoms with E-state index in [0.29, 0.717) is 0 Å². The lowest BCUT2D eigenvalue weighted by Gasteiger charge is -2.33. The van der Waals surface area contributed by atoms with Crippen LogP contribution < -0.4 is 0 Å². The molecule has 0 unspecified atom stereocenters. The molecule has 0 N–H and O–H groups in total. The zero-order valence-corrected chi connectivity index (χ0v) is 9.77. The maximum atomic E-state index is 6.11. The standard InChI is InChI=1S/C11H15BCl2/c13-11(14)6-4-10(5-7-11)12-8-2-1-3-9-12/h1-3,8,10H,4-7,9H2. The van der Waals surface area contributed by atoms with Gasteiger partial charge < -0.3 is 0 Å². The van der Waals surface area contributed by atoms with E-state index in [4.69, 9.17) is 23.2 Å². The van der Waals surface area contributed by atoms with Gasteiger partial charge in [-0.15, -0.1) is 29.2 Å². The van der Waals surface area contributed by atoms with Gasteiger partial charge in [-0.1, -0.05) is 43.2 Å². The van der Waals surface area contributed by atoms with Gasteiger partial charge in [-0.25, -0.2) is 0 Å². The second kappa shape index (κ2) is 4.32. The average molecular weight is 229 g/mol. The summed E-state index contributed by atoms with van der Waals surface area (Å²) in [6.07, 6.45) is 12.0. The molecule has 0 spiro atoms. The van der Waals surface area contributed by atoms with Crippen LogP contribution in [-0.2, 0) is 0 Å². The molecule has 76 valence electrons. The fourth-order valence-corrected chi connectivity index (χ4v) is 2.88. The average Bonchev–Trinajstić information content (AvgIpc) is 2.19. The van der Waals surface area contributed by atoms with Gasteiger partial charge >= 0.3 is 0 Å². The fraction of sp³-hybridized carbons (Fsp3) is 0.636. The van der Waals surface area contributed by atoms with Crippen LogP contribution in [0.5, 0.6) is 0 Å². The molecule has 1 aliphatic carbocycles. The first-order valence-corrected chi connectivity index (χ1v) is 6.14. The number of halogens is 2. The lowest BCUT2D eigenvalue weighted by molar-refractivity contribution is 0.473. The molecule has 0 atom stereocenters. The Bertz CT molecular complexity index is 248. The van der Waals surface area contributed by atoms with Crippen LogP contribution in [0.25, 0.3) is 0 Å². The molecule has 0 nitrogen and oxygen atoms in total. The van der Waals surface area contributed by atoms with Gasteiger partial charge in [0.15, 0.2) is 6.71 Å². The van der Waals surface area contributed by atoms with Crippen LogP contribution in [0.2, 0.25) is 12.1 Å². The first kappa shape index (κ1) is 10.6. The SMILES string of the molecule is ClC1(Cl)CCC(B2C=CC=CC2)CC1. The molecule has 0 aromatic carbocycles. The highest BCUT2D eigenvalue weighted by atomic mass is 35.5. The third-order valence-electron chi connectivity index (χ3n) is 3.38. The molecule has 0 saturated heterocycles. The van der Waals surface area contributed by atoms with Crippen LogP contribution in [0, 0.1) is 0 Å². The van der Waals surface area contributed by atoms with Crippen molar-refractivity contribution in [3.63, 3.8) is 0 Å². The second-order valence-corrected chi connectivity index (χ2v) is 6.05. The molecular formula is C11H15BCl2. The van der Waals surface area contributed by atoms with Crippen LogP contribution in [0.4, 0.5) is 0 Å². The minimum atomic E-state index is -0.440. The van der Waals surface area contributed by atoms with Crippen molar-refractivity contribution in [2.24, 2.45) is 0 Å². The normalized spacial score (nSPS) is 26.9. The van der Waals surface area contributed by atoms with Crippen LogP contribution >= 0.6 is 23.2 Å². The van der Waals surface area contributed by atoms with Crippen LogP contribution in [0.3, 0.4) is 0 Å². The van der Waals surface area contributed by atoms with E-state index >= 15 is 0 Å². The van der Waals surface area contributed by atoms with E-state index in [1.165, 1.54) is 19.2 Å². The molecule has 14 heavy (non-hydrogen) atoms. The van der Waals surface area contributed by atoms with Gasteiger partial charge in [0.2, 0.25) is 0 Å². The molecule has 0 radical (unpaired) electrons. The molecule has 0 amide bonds. The molecule has 1 saturated carbocycles. The minimum Gasteiger partial charge on any atom is -0.114 e. The Balaban J connectivity index is 1.89. The topological polar surface area (TPSA) is 0 Å². The third-order valence-corrected chi connectivity index (χ3v) is 4.14. The summed E-state index contributed by atoms with van der Waals surface area (Å²) in [5.74, 6) is 3.13. The number of alkyl halides is 2. The molecule has 1 aliphatic heterocycles. The van der Waals surface area contributed by atoms with Gasteiger partial charge in [0.05, 0.1) is 0 Å². The van der Waals surface area contributed by atoms with E-state index in [1.54, 1.807) is 0 Å². The van der Waals surface area contributed by atoms with Gasteiger partial charge in [0.25, 0.3) is 0 Å². The zero-order chi connectivity index (χ0) is 10.0. The number of rotatable bonds is 1. The van der Waals surface area contributed by atoms with Crippen molar-refractivity contribution in [3.05, 3.63) is 24.2 Å². The van der Waals surface area contributed by atoms with Gasteiger partial charge in [0.1, 0.15) is 4.33 Å². The molecule has 1 fully saturated rings. The molecule has 3 heteroatoms. The van der Waals surface area contributed by atoms with Crippen molar-refractivity contribution in [1.29, 1.82) is 0 Å². The first-order valence-electron chi connectivity index (χ1n) is 5.38. The summed E-state index contributed by atoms with van der Waals surface area (Å²) >= 11 is 12.2. The predicted molar refractivity (Wildman–Crippen MR) is 65.5 cm³/mol.